The molecule has 0 unspecified atom stereocenters. The molecular weight excluding hydrogens is 274 g/mol. The van der Waals surface area contributed by atoms with E-state index in [1.807, 2.05) is 0 Å². The van der Waals surface area contributed by atoms with Crippen molar-refractivity contribution < 1.29 is 14.5 Å². The number of nitrogens with zero attached hydrogens (tertiary/aromatic N) is 2. The summed E-state index contributed by atoms with van der Waals surface area (Å²) in [5.74, 6) is -0.238. The van der Waals surface area contributed by atoms with Crippen LogP contribution in [0.4, 0.5) is 17.2 Å². The van der Waals surface area contributed by atoms with Gasteiger partial charge < -0.3 is 10.1 Å². The number of aryl methyl sites for hydroxylation is 1. The molecule has 0 saturated carbocycles. The van der Waals surface area contributed by atoms with Crippen molar-refractivity contribution in [2.75, 3.05) is 12.4 Å². The van der Waals surface area contributed by atoms with E-state index in [4.69, 9.17) is 0 Å². The third kappa shape index (κ3) is 3.33. The number of benzene rings is 1. The number of hydrogen-bond acceptors (Lipinski definition) is 6. The molecule has 0 radical (unpaired) electrons. The molecule has 0 fully saturated rings. The van der Waals surface area contributed by atoms with Gasteiger partial charge in [-0.1, -0.05) is 6.07 Å². The minimum Gasteiger partial charge on any atom is -0.465 e. The first-order valence-corrected chi connectivity index (χ1v) is 6.08. The largest absolute Gasteiger partial charge is 0.465 e. The summed E-state index contributed by atoms with van der Waals surface area (Å²) < 4.78 is 4.69. The maximum atomic E-state index is 11.7. The predicted octanol–water partition coefficient (Wildman–Crippen LogP) is 2.83. The smallest absolute Gasteiger partial charge is 0.341 e. The van der Waals surface area contributed by atoms with Crippen molar-refractivity contribution in [1.29, 1.82) is 0 Å². The third-order valence-corrected chi connectivity index (χ3v) is 2.76. The lowest BCUT2D eigenvalue weighted by atomic mass is 10.2. The Morgan fingerprint density at radius 2 is 2.10 bits per heavy atom. The van der Waals surface area contributed by atoms with E-state index < -0.39 is 10.9 Å². The third-order valence-electron chi connectivity index (χ3n) is 2.76. The number of esters is 1. The molecule has 0 aliphatic carbocycles. The molecule has 0 aliphatic heterocycles. The SMILES string of the molecule is COC(=O)c1ccc(C)nc1Nc1cccc([N+](=O)[O-])c1. The van der Waals surface area contributed by atoms with Crippen molar-refractivity contribution in [3.05, 3.63) is 57.8 Å². The number of hydrogen-bond donors (Lipinski definition) is 1. The van der Waals surface area contributed by atoms with E-state index in [1.54, 1.807) is 31.2 Å². The average molecular weight is 287 g/mol. The quantitative estimate of drug-likeness (QED) is 0.528. The Hall–Kier alpha value is -2.96. The highest BCUT2D eigenvalue weighted by molar-refractivity contribution is 5.95. The fraction of sp³-hybridized carbons (Fsp3) is 0.143. The second-order valence-electron chi connectivity index (χ2n) is 4.27. The molecule has 0 amide bonds. The Bertz CT molecular complexity index is 700. The average Bonchev–Trinajstić information content (AvgIpc) is 2.47. The van der Waals surface area contributed by atoms with Crippen molar-refractivity contribution in [3.8, 4) is 0 Å². The van der Waals surface area contributed by atoms with Gasteiger partial charge in [-0.05, 0) is 25.1 Å². The maximum absolute atomic E-state index is 11.7. The molecule has 2 aromatic rings. The van der Waals surface area contributed by atoms with E-state index >= 15 is 0 Å². The van der Waals surface area contributed by atoms with Crippen LogP contribution in [0.5, 0.6) is 0 Å². The Labute approximate surface area is 120 Å². The minimum absolute atomic E-state index is 0.0488. The summed E-state index contributed by atoms with van der Waals surface area (Å²) in [5, 5.41) is 13.7. The zero-order valence-electron chi connectivity index (χ0n) is 11.5. The van der Waals surface area contributed by atoms with E-state index in [1.165, 1.54) is 19.2 Å². The van der Waals surface area contributed by atoms with E-state index in [9.17, 15) is 14.9 Å². The monoisotopic (exact) mass is 287 g/mol. The topological polar surface area (TPSA) is 94.4 Å². The molecular formula is C14H13N3O4. The molecule has 7 nitrogen and oxygen atoms in total. The lowest BCUT2D eigenvalue weighted by molar-refractivity contribution is -0.384. The number of aromatic nitrogens is 1. The summed E-state index contributed by atoms with van der Waals surface area (Å²) in [4.78, 5) is 26.2. The van der Waals surface area contributed by atoms with Crippen LogP contribution in [0.2, 0.25) is 0 Å². The van der Waals surface area contributed by atoms with Crippen molar-refractivity contribution in [3.63, 3.8) is 0 Å². The van der Waals surface area contributed by atoms with Gasteiger partial charge in [-0.3, -0.25) is 10.1 Å². The number of pyridine rings is 1. The van der Waals surface area contributed by atoms with Crippen LogP contribution in [-0.4, -0.2) is 23.0 Å². The number of carbonyl (C=O) groups excluding carboxylic acids is 1. The number of ether oxygens (including phenoxy) is 1. The Balaban J connectivity index is 2.39. The van der Waals surface area contributed by atoms with E-state index in [0.29, 0.717) is 17.2 Å². The van der Waals surface area contributed by atoms with Gasteiger partial charge in [0, 0.05) is 23.5 Å². The van der Waals surface area contributed by atoms with Crippen LogP contribution in [0.3, 0.4) is 0 Å². The minimum atomic E-state index is -0.532. The number of nitrogens with one attached hydrogen (secondary N) is 1. The fourth-order valence-corrected chi connectivity index (χ4v) is 1.76. The Morgan fingerprint density at radius 3 is 2.76 bits per heavy atom. The predicted molar refractivity (Wildman–Crippen MR) is 76.7 cm³/mol. The number of nitro groups is 1. The fourth-order valence-electron chi connectivity index (χ4n) is 1.76. The van der Waals surface area contributed by atoms with Crippen LogP contribution in [-0.2, 0) is 4.74 Å². The van der Waals surface area contributed by atoms with E-state index in [-0.39, 0.29) is 11.3 Å². The summed E-state index contributed by atoms with van der Waals surface area (Å²) in [6.07, 6.45) is 0. The van der Waals surface area contributed by atoms with Crippen LogP contribution in [0.1, 0.15) is 16.1 Å². The summed E-state index contributed by atoms with van der Waals surface area (Å²) in [6, 6.07) is 9.23. The number of nitro benzene ring substituents is 1. The first-order valence-electron chi connectivity index (χ1n) is 6.08. The standard InChI is InChI=1S/C14H13N3O4/c1-9-6-7-12(14(18)21-2)13(15-9)16-10-4-3-5-11(8-10)17(19)20/h3-8H,1-2H3,(H,15,16). The van der Waals surface area contributed by atoms with Gasteiger partial charge in [0.25, 0.3) is 5.69 Å². The number of non-ortho nitro benzene ring substituents is 1. The van der Waals surface area contributed by atoms with Gasteiger partial charge >= 0.3 is 5.97 Å². The molecule has 1 heterocycles. The molecule has 0 spiro atoms. The van der Waals surface area contributed by atoms with Gasteiger partial charge in [-0.15, -0.1) is 0 Å². The molecule has 0 saturated heterocycles. The summed E-state index contributed by atoms with van der Waals surface area (Å²) in [6.45, 7) is 1.78. The summed E-state index contributed by atoms with van der Waals surface area (Å²) in [5.41, 5.74) is 1.38. The number of carbonyl (C=O) groups is 1. The van der Waals surface area contributed by atoms with Crippen LogP contribution >= 0.6 is 0 Å². The first-order chi connectivity index (χ1) is 10.0. The molecule has 7 heteroatoms. The molecule has 1 aromatic heterocycles. The Morgan fingerprint density at radius 1 is 1.33 bits per heavy atom. The van der Waals surface area contributed by atoms with Crippen molar-refractivity contribution in [2.24, 2.45) is 0 Å². The normalized spacial score (nSPS) is 10.0. The highest BCUT2D eigenvalue weighted by Crippen LogP contribution is 2.23. The van der Waals surface area contributed by atoms with Crippen molar-refractivity contribution >= 4 is 23.2 Å². The van der Waals surface area contributed by atoms with Crippen LogP contribution in [0.15, 0.2) is 36.4 Å². The molecule has 0 atom stereocenters. The van der Waals surface area contributed by atoms with Crippen LogP contribution < -0.4 is 5.32 Å². The highest BCUT2D eigenvalue weighted by atomic mass is 16.6. The second-order valence-corrected chi connectivity index (χ2v) is 4.27. The summed E-state index contributed by atoms with van der Waals surface area (Å²) in [7, 11) is 1.28. The zero-order valence-corrected chi connectivity index (χ0v) is 11.5. The van der Waals surface area contributed by atoms with E-state index in [2.05, 4.69) is 15.0 Å². The molecule has 0 aliphatic rings. The Kier molecular flexibility index (Phi) is 4.13. The first kappa shape index (κ1) is 14.4. The van der Waals surface area contributed by atoms with E-state index in [0.717, 1.165) is 0 Å². The van der Waals surface area contributed by atoms with Gasteiger partial charge in [-0.25, -0.2) is 9.78 Å². The van der Waals surface area contributed by atoms with Gasteiger partial charge in [-0.2, -0.15) is 0 Å². The van der Waals surface area contributed by atoms with Crippen LogP contribution in [0.25, 0.3) is 0 Å². The molecule has 1 N–H and O–H groups in total. The van der Waals surface area contributed by atoms with Gasteiger partial charge in [0.1, 0.15) is 11.4 Å². The lowest BCUT2D eigenvalue weighted by Gasteiger charge is -2.10. The van der Waals surface area contributed by atoms with Crippen LogP contribution in [0, 0.1) is 17.0 Å². The highest BCUT2D eigenvalue weighted by Gasteiger charge is 2.14. The van der Waals surface area contributed by atoms with Crippen molar-refractivity contribution in [1.82, 2.24) is 4.98 Å². The maximum Gasteiger partial charge on any atom is 0.341 e. The number of methoxy groups -OCH3 is 1. The number of anilines is 2. The van der Waals surface area contributed by atoms with Gasteiger partial charge in [0.05, 0.1) is 12.0 Å². The van der Waals surface area contributed by atoms with Gasteiger partial charge in [0.15, 0.2) is 0 Å². The zero-order chi connectivity index (χ0) is 15.4. The second kappa shape index (κ2) is 6.00. The summed E-state index contributed by atoms with van der Waals surface area (Å²) >= 11 is 0. The molecule has 1 aromatic carbocycles. The molecule has 2 rings (SSSR count). The molecule has 108 valence electrons. The lowest BCUT2D eigenvalue weighted by Crippen LogP contribution is -2.08. The van der Waals surface area contributed by atoms with Gasteiger partial charge in [0.2, 0.25) is 0 Å². The molecule has 0 bridgehead atoms. The molecule has 21 heavy (non-hydrogen) atoms. The number of rotatable bonds is 4. The van der Waals surface area contributed by atoms with Crippen molar-refractivity contribution in [2.45, 2.75) is 6.92 Å².